The first-order valence-corrected chi connectivity index (χ1v) is 6.98. The van der Waals surface area contributed by atoms with Gasteiger partial charge in [0, 0.05) is 26.3 Å². The Balaban J connectivity index is 2.26. The zero-order chi connectivity index (χ0) is 12.6. The molecule has 0 saturated carbocycles. The summed E-state index contributed by atoms with van der Waals surface area (Å²) in [5.74, 6) is 0. The van der Waals surface area contributed by atoms with Crippen LogP contribution in [-0.2, 0) is 21.8 Å². The van der Waals surface area contributed by atoms with Gasteiger partial charge in [-0.05, 0) is 13.8 Å². The second kappa shape index (κ2) is 4.40. The van der Waals surface area contributed by atoms with Gasteiger partial charge in [0.2, 0.25) is 10.0 Å². The van der Waals surface area contributed by atoms with E-state index in [2.05, 4.69) is 5.10 Å². The second-order valence-corrected chi connectivity index (χ2v) is 6.37. The van der Waals surface area contributed by atoms with Crippen molar-refractivity contribution < 1.29 is 13.2 Å². The molecule has 0 aromatic carbocycles. The molecule has 96 valence electrons. The zero-order valence-corrected chi connectivity index (χ0v) is 11.0. The molecule has 6 nitrogen and oxygen atoms in total. The SMILES string of the molecule is C[C@@H]1CN(S(=O)(=O)c2cnn(C)c2)C[C@@H](C)O1. The first-order chi connectivity index (χ1) is 7.89. The number of nitrogens with zero attached hydrogens (tertiary/aromatic N) is 3. The van der Waals surface area contributed by atoms with E-state index in [4.69, 9.17) is 4.74 Å². The molecule has 1 aliphatic heterocycles. The average molecular weight is 259 g/mol. The largest absolute Gasteiger partial charge is 0.373 e. The highest BCUT2D eigenvalue weighted by Crippen LogP contribution is 2.20. The number of aryl methyl sites for hydroxylation is 1. The third kappa shape index (κ3) is 2.51. The van der Waals surface area contributed by atoms with E-state index in [9.17, 15) is 8.42 Å². The number of aromatic nitrogens is 2. The van der Waals surface area contributed by atoms with Crippen molar-refractivity contribution in [3.63, 3.8) is 0 Å². The molecule has 0 unspecified atom stereocenters. The van der Waals surface area contributed by atoms with Gasteiger partial charge < -0.3 is 4.74 Å². The Morgan fingerprint density at radius 3 is 2.41 bits per heavy atom. The third-order valence-corrected chi connectivity index (χ3v) is 4.49. The Hall–Kier alpha value is -0.920. The molecule has 17 heavy (non-hydrogen) atoms. The van der Waals surface area contributed by atoms with Crippen molar-refractivity contribution in [1.82, 2.24) is 14.1 Å². The topological polar surface area (TPSA) is 64.4 Å². The maximum Gasteiger partial charge on any atom is 0.246 e. The second-order valence-electron chi connectivity index (χ2n) is 4.43. The number of rotatable bonds is 2. The van der Waals surface area contributed by atoms with Crippen LogP contribution < -0.4 is 0 Å². The summed E-state index contributed by atoms with van der Waals surface area (Å²) >= 11 is 0. The molecule has 0 radical (unpaired) electrons. The van der Waals surface area contributed by atoms with Crippen LogP contribution in [0.4, 0.5) is 0 Å². The predicted octanol–water partition coefficient (Wildman–Crippen LogP) is 0.218. The monoisotopic (exact) mass is 259 g/mol. The van der Waals surface area contributed by atoms with E-state index in [1.807, 2.05) is 13.8 Å². The van der Waals surface area contributed by atoms with Gasteiger partial charge in [-0.2, -0.15) is 9.40 Å². The van der Waals surface area contributed by atoms with Crippen molar-refractivity contribution in [2.45, 2.75) is 31.0 Å². The normalized spacial score (nSPS) is 27.2. The van der Waals surface area contributed by atoms with Gasteiger partial charge in [-0.1, -0.05) is 0 Å². The van der Waals surface area contributed by atoms with Gasteiger partial charge in [-0.15, -0.1) is 0 Å². The molecule has 2 atom stereocenters. The smallest absolute Gasteiger partial charge is 0.246 e. The maximum atomic E-state index is 12.3. The number of sulfonamides is 1. The summed E-state index contributed by atoms with van der Waals surface area (Å²) in [6.45, 7) is 4.53. The van der Waals surface area contributed by atoms with Gasteiger partial charge >= 0.3 is 0 Å². The van der Waals surface area contributed by atoms with Gasteiger partial charge in [0.05, 0.1) is 18.4 Å². The van der Waals surface area contributed by atoms with Gasteiger partial charge in [-0.25, -0.2) is 8.42 Å². The lowest BCUT2D eigenvalue weighted by atomic mass is 10.3. The van der Waals surface area contributed by atoms with Crippen LogP contribution in [0.2, 0.25) is 0 Å². The molecule has 1 aliphatic rings. The first kappa shape index (κ1) is 12.5. The van der Waals surface area contributed by atoms with Crippen molar-refractivity contribution >= 4 is 10.0 Å². The average Bonchev–Trinajstić information content (AvgIpc) is 2.64. The van der Waals surface area contributed by atoms with Gasteiger partial charge in [0.25, 0.3) is 0 Å². The quantitative estimate of drug-likeness (QED) is 0.762. The Bertz CT molecular complexity index is 487. The molecule has 1 fully saturated rings. The lowest BCUT2D eigenvalue weighted by Crippen LogP contribution is -2.48. The van der Waals surface area contributed by atoms with E-state index in [1.54, 1.807) is 7.05 Å². The molecule has 0 bridgehead atoms. The molecule has 0 spiro atoms. The molecule has 0 amide bonds. The van der Waals surface area contributed by atoms with Crippen LogP contribution in [0, 0.1) is 0 Å². The minimum absolute atomic E-state index is 0.0785. The van der Waals surface area contributed by atoms with E-state index >= 15 is 0 Å². The van der Waals surface area contributed by atoms with Crippen LogP contribution in [-0.4, -0.2) is 47.8 Å². The highest BCUT2D eigenvalue weighted by Gasteiger charge is 2.32. The van der Waals surface area contributed by atoms with Crippen LogP contribution in [0.1, 0.15) is 13.8 Å². The summed E-state index contributed by atoms with van der Waals surface area (Å²) in [5.41, 5.74) is 0. The van der Waals surface area contributed by atoms with E-state index in [-0.39, 0.29) is 17.1 Å². The number of hydrogen-bond acceptors (Lipinski definition) is 4. The van der Waals surface area contributed by atoms with Gasteiger partial charge in [0.1, 0.15) is 4.90 Å². The van der Waals surface area contributed by atoms with Gasteiger partial charge in [0.15, 0.2) is 0 Å². The summed E-state index contributed by atoms with van der Waals surface area (Å²) in [7, 11) is -1.74. The Morgan fingerprint density at radius 2 is 1.94 bits per heavy atom. The summed E-state index contributed by atoms with van der Waals surface area (Å²) in [6, 6.07) is 0. The predicted molar refractivity (Wildman–Crippen MR) is 62.0 cm³/mol. The molecule has 7 heteroatoms. The fourth-order valence-corrected chi connectivity index (χ4v) is 3.58. The van der Waals surface area contributed by atoms with Crippen molar-refractivity contribution in [1.29, 1.82) is 0 Å². The van der Waals surface area contributed by atoms with Crippen molar-refractivity contribution in [3.05, 3.63) is 12.4 Å². The molecule has 1 aromatic heterocycles. The van der Waals surface area contributed by atoms with E-state index < -0.39 is 10.0 Å². The zero-order valence-electron chi connectivity index (χ0n) is 10.2. The number of morpholine rings is 1. The molecule has 1 saturated heterocycles. The van der Waals surface area contributed by atoms with Crippen LogP contribution in [0.5, 0.6) is 0 Å². The molecular weight excluding hydrogens is 242 g/mol. The summed E-state index contributed by atoms with van der Waals surface area (Å²) in [4.78, 5) is 0.237. The molecule has 2 rings (SSSR count). The molecule has 0 N–H and O–H groups in total. The van der Waals surface area contributed by atoms with Crippen LogP contribution in [0.15, 0.2) is 17.3 Å². The van der Waals surface area contributed by atoms with E-state index in [0.29, 0.717) is 13.1 Å². The van der Waals surface area contributed by atoms with Crippen molar-refractivity contribution in [3.8, 4) is 0 Å². The fourth-order valence-electron chi connectivity index (χ4n) is 2.01. The summed E-state index contributed by atoms with van der Waals surface area (Å²) in [6.07, 6.45) is 2.73. The van der Waals surface area contributed by atoms with Crippen LogP contribution in [0.25, 0.3) is 0 Å². The van der Waals surface area contributed by atoms with Gasteiger partial charge in [-0.3, -0.25) is 4.68 Å². The van der Waals surface area contributed by atoms with Crippen LogP contribution in [0.3, 0.4) is 0 Å². The third-order valence-electron chi connectivity index (χ3n) is 2.71. The first-order valence-electron chi connectivity index (χ1n) is 5.54. The lowest BCUT2D eigenvalue weighted by Gasteiger charge is -2.34. The number of ether oxygens (including phenoxy) is 1. The fraction of sp³-hybridized carbons (Fsp3) is 0.700. The van der Waals surface area contributed by atoms with E-state index in [1.165, 1.54) is 21.4 Å². The Morgan fingerprint density at radius 1 is 1.35 bits per heavy atom. The minimum atomic E-state index is -3.44. The molecule has 1 aromatic rings. The van der Waals surface area contributed by atoms with Crippen LogP contribution >= 0.6 is 0 Å². The molecule has 0 aliphatic carbocycles. The van der Waals surface area contributed by atoms with E-state index in [0.717, 1.165) is 0 Å². The Labute approximate surface area is 101 Å². The minimum Gasteiger partial charge on any atom is -0.373 e. The highest BCUT2D eigenvalue weighted by atomic mass is 32.2. The van der Waals surface area contributed by atoms with Crippen molar-refractivity contribution in [2.75, 3.05) is 13.1 Å². The molecule has 2 heterocycles. The number of hydrogen-bond donors (Lipinski definition) is 0. The highest BCUT2D eigenvalue weighted by molar-refractivity contribution is 7.89. The molecular formula is C10H17N3O3S. The van der Waals surface area contributed by atoms with Crippen molar-refractivity contribution in [2.24, 2.45) is 7.05 Å². The summed E-state index contributed by atoms with van der Waals surface area (Å²) in [5, 5.41) is 3.90. The standard InChI is InChI=1S/C10H17N3O3S/c1-8-5-13(6-9(2)16-8)17(14,15)10-4-11-12(3)7-10/h4,7-9H,5-6H2,1-3H3/t8-,9-/m1/s1. The summed E-state index contributed by atoms with van der Waals surface area (Å²) < 4.78 is 33.1. The maximum absolute atomic E-state index is 12.3. The lowest BCUT2D eigenvalue weighted by molar-refractivity contribution is -0.0440. The Kier molecular flexibility index (Phi) is 3.24.